The first-order chi connectivity index (χ1) is 8.22. The van der Waals surface area contributed by atoms with Gasteiger partial charge in [0.05, 0.1) is 0 Å². The topological polar surface area (TPSA) is 9.23 Å². The molecule has 0 aliphatic carbocycles. The maximum Gasteiger partial charge on any atom is 0.192 e. The van der Waals surface area contributed by atoms with Gasteiger partial charge in [0.1, 0.15) is 0 Å². The predicted molar refractivity (Wildman–Crippen MR) is 85.7 cm³/mol. The van der Waals surface area contributed by atoms with E-state index < -0.39 is 8.32 Å². The first kappa shape index (κ1) is 15.7. The predicted octanol–water partition coefficient (Wildman–Crippen LogP) is 5.42. The second-order valence-corrected chi connectivity index (χ2v) is 12.2. The number of thiophene rings is 1. The molecule has 0 saturated heterocycles. The van der Waals surface area contributed by atoms with Crippen LogP contribution >= 0.6 is 11.3 Å². The minimum atomic E-state index is -1.59. The Labute approximate surface area is 117 Å². The molecule has 1 aromatic heterocycles. The maximum atomic E-state index is 6.22. The van der Waals surface area contributed by atoms with Gasteiger partial charge < -0.3 is 4.43 Å². The zero-order chi connectivity index (χ0) is 13.8. The highest BCUT2D eigenvalue weighted by Crippen LogP contribution is 2.36. The van der Waals surface area contributed by atoms with Crippen molar-refractivity contribution in [3.63, 3.8) is 0 Å². The molecular weight excluding hydrogens is 256 g/mol. The number of hydrogen-bond donors (Lipinski definition) is 0. The van der Waals surface area contributed by atoms with E-state index in [0.29, 0.717) is 11.0 Å². The summed E-state index contributed by atoms with van der Waals surface area (Å²) < 4.78 is 6.22. The van der Waals surface area contributed by atoms with Crippen LogP contribution in [0.3, 0.4) is 0 Å². The highest BCUT2D eigenvalue weighted by molar-refractivity contribution is 7.10. The number of rotatable bonds is 5. The summed E-state index contributed by atoms with van der Waals surface area (Å²) in [5.74, 6) is 0.473. The molecular formula is C15H26OSSi. The van der Waals surface area contributed by atoms with Gasteiger partial charge in [0.2, 0.25) is 0 Å². The molecule has 1 atom stereocenters. The van der Waals surface area contributed by atoms with Crippen molar-refractivity contribution in [2.45, 2.75) is 45.8 Å². The minimum absolute atomic E-state index is 0.296. The third-order valence-electron chi connectivity index (χ3n) is 3.65. The molecule has 0 aliphatic rings. The maximum absolute atomic E-state index is 6.22. The largest absolute Gasteiger partial charge is 0.416 e. The molecule has 0 unspecified atom stereocenters. The van der Waals surface area contributed by atoms with Crippen molar-refractivity contribution in [3.05, 3.63) is 28.5 Å². The summed E-state index contributed by atoms with van der Waals surface area (Å²) in [4.78, 5) is 1.31. The summed E-state index contributed by atoms with van der Waals surface area (Å²) in [7, 11) is -1.59. The quantitative estimate of drug-likeness (QED) is 0.655. The Morgan fingerprint density at radius 2 is 2.06 bits per heavy atom. The fourth-order valence-electron chi connectivity index (χ4n) is 1.26. The van der Waals surface area contributed by atoms with E-state index in [1.165, 1.54) is 4.88 Å². The molecule has 1 heterocycles. The van der Waals surface area contributed by atoms with E-state index in [2.05, 4.69) is 70.5 Å². The Bertz CT molecular complexity index is 374. The zero-order valence-electron chi connectivity index (χ0n) is 12.5. The van der Waals surface area contributed by atoms with Gasteiger partial charge in [-0.1, -0.05) is 39.8 Å². The van der Waals surface area contributed by atoms with Gasteiger partial charge in [-0.25, -0.2) is 0 Å². The third-order valence-corrected chi connectivity index (χ3v) is 8.98. The lowest BCUT2D eigenvalue weighted by molar-refractivity contribution is 0.259. The summed E-state index contributed by atoms with van der Waals surface area (Å²) >= 11 is 1.77. The average Bonchev–Trinajstić information content (AvgIpc) is 2.74. The van der Waals surface area contributed by atoms with Crippen LogP contribution in [-0.4, -0.2) is 14.9 Å². The van der Waals surface area contributed by atoms with E-state index in [0.717, 1.165) is 6.61 Å². The monoisotopic (exact) mass is 282 g/mol. The average molecular weight is 283 g/mol. The normalized spacial score (nSPS) is 15.2. The van der Waals surface area contributed by atoms with Crippen molar-refractivity contribution in [3.8, 4) is 0 Å². The van der Waals surface area contributed by atoms with Crippen LogP contribution in [0, 0.1) is 5.92 Å². The summed E-state index contributed by atoms with van der Waals surface area (Å²) in [6, 6.07) is 4.23. The molecule has 0 N–H and O–H groups in total. The van der Waals surface area contributed by atoms with Gasteiger partial charge in [-0.05, 0) is 41.6 Å². The van der Waals surface area contributed by atoms with Crippen LogP contribution in [0.25, 0.3) is 6.08 Å². The molecule has 0 fully saturated rings. The summed E-state index contributed by atoms with van der Waals surface area (Å²) in [6.45, 7) is 14.5. The standard InChI is InChI=1S/C15H26OSSi/c1-13(9-10-14-8-7-11-17-14)12-16-18(5,6)15(2,3)4/h7-11,13H,12H2,1-6H3/b10-9+/t13-/m1/s1. The smallest absolute Gasteiger partial charge is 0.192 e. The van der Waals surface area contributed by atoms with Crippen LogP contribution < -0.4 is 0 Å². The summed E-state index contributed by atoms with van der Waals surface area (Å²) in [6.07, 6.45) is 4.45. The summed E-state index contributed by atoms with van der Waals surface area (Å²) in [5, 5.41) is 2.40. The van der Waals surface area contributed by atoms with Crippen LogP contribution in [0.2, 0.25) is 18.1 Å². The molecule has 0 aliphatic heterocycles. The van der Waals surface area contributed by atoms with Gasteiger partial charge in [-0.3, -0.25) is 0 Å². The lowest BCUT2D eigenvalue weighted by atomic mass is 10.2. The second-order valence-electron chi connectivity index (χ2n) is 6.42. The first-order valence-electron chi connectivity index (χ1n) is 6.58. The highest BCUT2D eigenvalue weighted by atomic mass is 32.1. The lowest BCUT2D eigenvalue weighted by Crippen LogP contribution is -2.41. The SMILES string of the molecule is C[C@H](/C=C/c1cccs1)CO[Si](C)(C)C(C)(C)C. The van der Waals surface area contributed by atoms with Gasteiger partial charge in [-0.15, -0.1) is 11.3 Å². The molecule has 0 amide bonds. The van der Waals surface area contributed by atoms with Crippen molar-refractivity contribution in [2.75, 3.05) is 6.61 Å². The molecule has 1 rings (SSSR count). The molecule has 0 aromatic carbocycles. The van der Waals surface area contributed by atoms with Gasteiger partial charge in [0, 0.05) is 11.5 Å². The van der Waals surface area contributed by atoms with Crippen LogP contribution in [0.4, 0.5) is 0 Å². The van der Waals surface area contributed by atoms with Crippen molar-refractivity contribution >= 4 is 25.7 Å². The molecule has 1 aromatic rings. The fraction of sp³-hybridized carbons (Fsp3) is 0.600. The Hall–Kier alpha value is -0.383. The molecule has 0 radical (unpaired) electrons. The highest BCUT2D eigenvalue weighted by Gasteiger charge is 2.37. The molecule has 102 valence electrons. The van der Waals surface area contributed by atoms with Gasteiger partial charge in [-0.2, -0.15) is 0 Å². The van der Waals surface area contributed by atoms with Gasteiger partial charge >= 0.3 is 0 Å². The van der Waals surface area contributed by atoms with E-state index in [-0.39, 0.29) is 0 Å². The van der Waals surface area contributed by atoms with E-state index in [4.69, 9.17) is 4.43 Å². The van der Waals surface area contributed by atoms with Crippen LogP contribution in [0.1, 0.15) is 32.6 Å². The van der Waals surface area contributed by atoms with Crippen molar-refractivity contribution in [1.29, 1.82) is 0 Å². The molecule has 3 heteroatoms. The van der Waals surface area contributed by atoms with E-state index in [1.54, 1.807) is 11.3 Å². The van der Waals surface area contributed by atoms with Crippen LogP contribution in [0.15, 0.2) is 23.6 Å². The Morgan fingerprint density at radius 3 is 2.56 bits per heavy atom. The number of hydrogen-bond acceptors (Lipinski definition) is 2. The van der Waals surface area contributed by atoms with Crippen LogP contribution in [0.5, 0.6) is 0 Å². The molecule has 0 spiro atoms. The van der Waals surface area contributed by atoms with Crippen molar-refractivity contribution in [2.24, 2.45) is 5.92 Å². The van der Waals surface area contributed by atoms with Gasteiger partial charge in [0.15, 0.2) is 8.32 Å². The molecule has 0 saturated carbocycles. The summed E-state index contributed by atoms with van der Waals surface area (Å²) in [5.41, 5.74) is 0. The van der Waals surface area contributed by atoms with Crippen molar-refractivity contribution in [1.82, 2.24) is 0 Å². The van der Waals surface area contributed by atoms with E-state index in [1.807, 2.05) is 0 Å². The first-order valence-corrected chi connectivity index (χ1v) is 10.4. The molecule has 18 heavy (non-hydrogen) atoms. The van der Waals surface area contributed by atoms with Crippen molar-refractivity contribution < 1.29 is 4.43 Å². The molecule has 0 bridgehead atoms. The van der Waals surface area contributed by atoms with E-state index in [9.17, 15) is 0 Å². The molecule has 1 nitrogen and oxygen atoms in total. The van der Waals surface area contributed by atoms with Gasteiger partial charge in [0.25, 0.3) is 0 Å². The van der Waals surface area contributed by atoms with Crippen LogP contribution in [-0.2, 0) is 4.43 Å². The van der Waals surface area contributed by atoms with E-state index >= 15 is 0 Å². The minimum Gasteiger partial charge on any atom is -0.416 e. The second kappa shape index (κ2) is 6.18. The third kappa shape index (κ3) is 4.71. The fourth-order valence-corrected chi connectivity index (χ4v) is 3.00. The Kier molecular flexibility index (Phi) is 5.38. The Balaban J connectivity index is 2.44. The lowest BCUT2D eigenvalue weighted by Gasteiger charge is -2.36. The Morgan fingerprint density at radius 1 is 1.39 bits per heavy atom. The zero-order valence-corrected chi connectivity index (χ0v) is 14.3.